The van der Waals surface area contributed by atoms with E-state index in [1.54, 1.807) is 6.20 Å². The fourth-order valence-electron chi connectivity index (χ4n) is 3.95. The van der Waals surface area contributed by atoms with Gasteiger partial charge in [0.05, 0.1) is 23.6 Å². The van der Waals surface area contributed by atoms with Crippen molar-refractivity contribution in [3.05, 3.63) is 66.3 Å². The number of pyridine rings is 2. The van der Waals surface area contributed by atoms with Gasteiger partial charge in [0, 0.05) is 36.3 Å². The maximum Gasteiger partial charge on any atom is 0.278 e. The molecule has 3 aromatic heterocycles. The van der Waals surface area contributed by atoms with Crippen LogP contribution < -0.4 is 10.2 Å². The van der Waals surface area contributed by atoms with Crippen LogP contribution in [0.5, 0.6) is 0 Å². The molecule has 1 fully saturated rings. The van der Waals surface area contributed by atoms with Crippen molar-refractivity contribution in [3.8, 4) is 11.1 Å². The number of nitrogens with zero attached hydrogens (tertiary/aromatic N) is 4. The molecule has 0 saturated carbocycles. The molecule has 9 heteroatoms. The number of aromatic nitrogens is 4. The number of anilines is 2. The number of fused-ring (bicyclic) bond motifs is 1. The van der Waals surface area contributed by atoms with Crippen LogP contribution in [0.2, 0.25) is 0 Å². The minimum atomic E-state index is -0.959. The van der Waals surface area contributed by atoms with Gasteiger partial charge in [-0.15, -0.1) is 0 Å². The molecule has 1 saturated heterocycles. The number of nitrogens with one attached hydrogen (secondary N) is 2. The van der Waals surface area contributed by atoms with Crippen LogP contribution in [0.3, 0.4) is 0 Å². The van der Waals surface area contributed by atoms with Crippen LogP contribution in [-0.4, -0.2) is 39.2 Å². The number of hydrogen-bond acceptors (Lipinski definition) is 5. The van der Waals surface area contributed by atoms with Gasteiger partial charge in [-0.3, -0.25) is 14.9 Å². The van der Waals surface area contributed by atoms with Crippen molar-refractivity contribution in [1.29, 1.82) is 0 Å². The fourth-order valence-corrected chi connectivity index (χ4v) is 3.95. The fraction of sp³-hybridized carbons (Fsp3) is 0.217. The first kappa shape index (κ1) is 20.0. The molecule has 0 aliphatic carbocycles. The first-order valence-electron chi connectivity index (χ1n) is 10.4. The van der Waals surface area contributed by atoms with Gasteiger partial charge in [0.15, 0.2) is 17.3 Å². The molecule has 1 aliphatic heterocycles. The molecule has 0 spiro atoms. The number of piperidine rings is 1. The highest BCUT2D eigenvalue weighted by atomic mass is 19.1. The molecule has 0 atom stereocenters. The lowest BCUT2D eigenvalue weighted by molar-refractivity contribution is 0.102. The van der Waals surface area contributed by atoms with E-state index in [0.29, 0.717) is 17.0 Å². The lowest BCUT2D eigenvalue weighted by Gasteiger charge is -2.28. The smallest absolute Gasteiger partial charge is 0.278 e. The Balaban J connectivity index is 1.46. The summed E-state index contributed by atoms with van der Waals surface area (Å²) in [7, 11) is 0. The number of carbonyl (C=O) groups excluding carboxylic acids is 1. The minimum Gasteiger partial charge on any atom is -0.370 e. The Kier molecular flexibility index (Phi) is 5.22. The summed E-state index contributed by atoms with van der Waals surface area (Å²) in [5.74, 6) is -2.79. The molecule has 1 aromatic carbocycles. The van der Waals surface area contributed by atoms with Crippen molar-refractivity contribution in [1.82, 2.24) is 20.2 Å². The average molecular weight is 434 g/mol. The summed E-state index contributed by atoms with van der Waals surface area (Å²) in [6, 6.07) is 8.36. The van der Waals surface area contributed by atoms with Crippen molar-refractivity contribution in [3.63, 3.8) is 0 Å². The Morgan fingerprint density at radius 2 is 1.84 bits per heavy atom. The SMILES string of the molecule is O=C(Nc1ncc(F)cc1F)c1n[nH]c2ccc(-c3cncc(N4CCCCC4)c3)cc12. The largest absolute Gasteiger partial charge is 0.370 e. The van der Waals surface area contributed by atoms with E-state index < -0.39 is 17.5 Å². The van der Waals surface area contributed by atoms with Gasteiger partial charge in [-0.2, -0.15) is 5.10 Å². The molecule has 1 amide bonds. The number of aromatic amines is 1. The van der Waals surface area contributed by atoms with E-state index in [4.69, 9.17) is 0 Å². The number of carbonyl (C=O) groups is 1. The predicted octanol–water partition coefficient (Wildman–Crippen LogP) is 4.54. The van der Waals surface area contributed by atoms with Crippen LogP contribution in [0.15, 0.2) is 48.9 Å². The molecule has 2 N–H and O–H groups in total. The molecule has 4 heterocycles. The number of H-pyrrole nitrogens is 1. The summed E-state index contributed by atoms with van der Waals surface area (Å²) in [4.78, 5) is 23.1. The summed E-state index contributed by atoms with van der Waals surface area (Å²) in [6.45, 7) is 2.04. The van der Waals surface area contributed by atoms with E-state index in [1.165, 1.54) is 19.3 Å². The zero-order valence-electron chi connectivity index (χ0n) is 17.1. The Bertz CT molecular complexity index is 1300. The summed E-state index contributed by atoms with van der Waals surface area (Å²) < 4.78 is 27.0. The quantitative estimate of drug-likeness (QED) is 0.492. The predicted molar refractivity (Wildman–Crippen MR) is 117 cm³/mol. The van der Waals surface area contributed by atoms with Gasteiger partial charge in [-0.05, 0) is 43.0 Å². The molecule has 32 heavy (non-hydrogen) atoms. The van der Waals surface area contributed by atoms with E-state index in [9.17, 15) is 13.6 Å². The van der Waals surface area contributed by atoms with Crippen molar-refractivity contribution in [2.45, 2.75) is 19.3 Å². The zero-order chi connectivity index (χ0) is 22.1. The zero-order valence-corrected chi connectivity index (χ0v) is 17.1. The Labute approximate surface area is 182 Å². The van der Waals surface area contributed by atoms with Gasteiger partial charge in [0.1, 0.15) is 5.82 Å². The molecule has 162 valence electrons. The number of amides is 1. The van der Waals surface area contributed by atoms with Crippen molar-refractivity contribution in [2.75, 3.05) is 23.3 Å². The van der Waals surface area contributed by atoms with E-state index in [-0.39, 0.29) is 11.5 Å². The summed E-state index contributed by atoms with van der Waals surface area (Å²) in [6.07, 6.45) is 8.09. The normalized spacial score (nSPS) is 14.0. The van der Waals surface area contributed by atoms with Crippen molar-refractivity contribution >= 4 is 28.3 Å². The highest BCUT2D eigenvalue weighted by Gasteiger charge is 2.18. The molecule has 0 radical (unpaired) electrons. The third kappa shape index (κ3) is 3.89. The van der Waals surface area contributed by atoms with Crippen molar-refractivity contribution in [2.24, 2.45) is 0 Å². The van der Waals surface area contributed by atoms with E-state index in [0.717, 1.165) is 36.1 Å². The second-order valence-corrected chi connectivity index (χ2v) is 7.75. The first-order valence-corrected chi connectivity index (χ1v) is 10.4. The van der Waals surface area contributed by atoms with Gasteiger partial charge >= 0.3 is 0 Å². The molecular weight excluding hydrogens is 414 g/mol. The van der Waals surface area contributed by atoms with Crippen LogP contribution in [0.1, 0.15) is 29.8 Å². The third-order valence-electron chi connectivity index (χ3n) is 5.60. The van der Waals surface area contributed by atoms with Crippen LogP contribution in [0.25, 0.3) is 22.0 Å². The monoisotopic (exact) mass is 434 g/mol. The highest BCUT2D eigenvalue weighted by molar-refractivity contribution is 6.11. The van der Waals surface area contributed by atoms with Crippen LogP contribution in [0.4, 0.5) is 20.3 Å². The van der Waals surface area contributed by atoms with Crippen molar-refractivity contribution < 1.29 is 13.6 Å². The Hall–Kier alpha value is -3.88. The number of hydrogen-bond donors (Lipinski definition) is 2. The molecule has 1 aliphatic rings. The summed E-state index contributed by atoms with van der Waals surface area (Å²) >= 11 is 0. The molecular formula is C23H20F2N6O. The highest BCUT2D eigenvalue weighted by Crippen LogP contribution is 2.29. The molecule has 7 nitrogen and oxygen atoms in total. The molecule has 0 unspecified atom stereocenters. The number of halogens is 2. The lowest BCUT2D eigenvalue weighted by atomic mass is 10.0. The van der Waals surface area contributed by atoms with Crippen LogP contribution >= 0.6 is 0 Å². The first-order chi connectivity index (χ1) is 15.6. The van der Waals surface area contributed by atoms with Crippen LogP contribution in [0, 0.1) is 11.6 Å². The van der Waals surface area contributed by atoms with E-state index >= 15 is 0 Å². The van der Waals surface area contributed by atoms with Gasteiger partial charge in [0.2, 0.25) is 0 Å². The third-order valence-corrected chi connectivity index (χ3v) is 5.60. The average Bonchev–Trinajstić information content (AvgIpc) is 3.25. The summed E-state index contributed by atoms with van der Waals surface area (Å²) in [5.41, 5.74) is 3.63. The standard InChI is InChI=1S/C23H20F2N6O/c24-16-10-19(25)22(27-12-16)28-23(32)21-18-9-14(4-5-20(18)29-30-21)15-8-17(13-26-11-15)31-6-2-1-3-7-31/h4-5,8-13H,1-3,6-7H2,(H,29,30)(H,27,28,32). The second kappa shape index (κ2) is 8.33. The van der Waals surface area contributed by atoms with Gasteiger partial charge < -0.3 is 10.2 Å². The maximum atomic E-state index is 13.9. The number of benzene rings is 1. The Morgan fingerprint density at radius 1 is 1.00 bits per heavy atom. The second-order valence-electron chi connectivity index (χ2n) is 7.75. The molecule has 4 aromatic rings. The van der Waals surface area contributed by atoms with Gasteiger partial charge in [0.25, 0.3) is 5.91 Å². The van der Waals surface area contributed by atoms with Crippen LogP contribution in [-0.2, 0) is 0 Å². The van der Waals surface area contributed by atoms with E-state index in [2.05, 4.69) is 36.4 Å². The molecule has 0 bridgehead atoms. The maximum absolute atomic E-state index is 13.9. The van der Waals surface area contributed by atoms with Gasteiger partial charge in [-0.1, -0.05) is 6.07 Å². The topological polar surface area (TPSA) is 86.8 Å². The Morgan fingerprint density at radius 3 is 2.66 bits per heavy atom. The lowest BCUT2D eigenvalue weighted by Crippen LogP contribution is -2.29. The summed E-state index contributed by atoms with van der Waals surface area (Å²) in [5, 5.41) is 9.82. The van der Waals surface area contributed by atoms with Gasteiger partial charge in [-0.25, -0.2) is 13.8 Å². The minimum absolute atomic E-state index is 0.0903. The molecule has 5 rings (SSSR count). The number of rotatable bonds is 4. The van der Waals surface area contributed by atoms with E-state index in [1.807, 2.05) is 24.4 Å².